The van der Waals surface area contributed by atoms with Crippen molar-refractivity contribution in [3.05, 3.63) is 78.1 Å². The maximum atomic E-state index is 13.8. The molecule has 0 bridgehead atoms. The highest BCUT2D eigenvalue weighted by molar-refractivity contribution is 7.93. The van der Waals surface area contributed by atoms with Gasteiger partial charge in [0.05, 0.1) is 18.9 Å². The van der Waals surface area contributed by atoms with Crippen molar-refractivity contribution < 1.29 is 27.4 Å². The van der Waals surface area contributed by atoms with Gasteiger partial charge in [0.25, 0.3) is 10.0 Å². The van der Waals surface area contributed by atoms with Gasteiger partial charge in [-0.05, 0) is 73.8 Å². The molecular formula is C27H30ClFN2O5S. The quantitative estimate of drug-likeness (QED) is 0.467. The molecule has 0 aromatic heterocycles. The number of para-hydroxylation sites is 1. The highest BCUT2D eigenvalue weighted by Crippen LogP contribution is 2.44. The SMILES string of the molecule is COc1ccc2c(c1)N(CC1CCN(C[C@H](O)c3ccc(F)cc3)CC1)S(=O)(=O)c1ccccc1O2.Cl. The number of β-amino-alcohol motifs (C(OH)–C–C–N with tert-alkyl or cyclic N) is 1. The van der Waals surface area contributed by atoms with Gasteiger partial charge in [0.15, 0.2) is 5.75 Å². The number of ether oxygens (including phenoxy) is 2. The van der Waals surface area contributed by atoms with E-state index in [0.29, 0.717) is 41.6 Å². The van der Waals surface area contributed by atoms with Gasteiger partial charge in [0.2, 0.25) is 0 Å². The van der Waals surface area contributed by atoms with Gasteiger partial charge in [0, 0.05) is 19.2 Å². The maximum absolute atomic E-state index is 13.8. The summed E-state index contributed by atoms with van der Waals surface area (Å²) in [7, 11) is -2.32. The van der Waals surface area contributed by atoms with Gasteiger partial charge in [-0.1, -0.05) is 24.3 Å². The molecule has 1 N–H and O–H groups in total. The molecule has 0 aliphatic carbocycles. The molecule has 1 saturated heterocycles. The Labute approximate surface area is 222 Å². The summed E-state index contributed by atoms with van der Waals surface area (Å²) >= 11 is 0. The van der Waals surface area contributed by atoms with E-state index in [1.807, 2.05) is 0 Å². The number of rotatable bonds is 6. The standard InChI is InChI=1S/C27H29FN2O5S.ClH/c1-34-22-10-11-25-23(16-22)30(36(32,33)27-5-3-2-4-26(27)35-25)17-19-12-14-29(15-13-19)18-24(31)20-6-8-21(28)9-7-20;/h2-11,16,19,24,31H,12-15,17-18H2,1H3;1H/t24-;/m0./s1. The second-order valence-electron chi connectivity index (χ2n) is 9.23. The van der Waals surface area contributed by atoms with E-state index in [1.165, 1.54) is 16.4 Å². The lowest BCUT2D eigenvalue weighted by Crippen LogP contribution is -2.42. The minimum absolute atomic E-state index is 0. The summed E-state index contributed by atoms with van der Waals surface area (Å²) in [4.78, 5) is 2.30. The zero-order valence-corrected chi connectivity index (χ0v) is 22.1. The van der Waals surface area contributed by atoms with Crippen LogP contribution < -0.4 is 13.8 Å². The number of aliphatic hydroxyl groups is 1. The first-order chi connectivity index (χ1) is 17.3. The van der Waals surface area contributed by atoms with Crippen LogP contribution in [-0.4, -0.2) is 51.7 Å². The predicted molar refractivity (Wildman–Crippen MR) is 142 cm³/mol. The number of benzene rings is 3. The van der Waals surface area contributed by atoms with E-state index < -0.39 is 16.1 Å². The van der Waals surface area contributed by atoms with Gasteiger partial charge >= 0.3 is 0 Å². The molecule has 5 rings (SSSR count). The number of fused-ring (bicyclic) bond motifs is 2. The number of methoxy groups -OCH3 is 1. The summed E-state index contributed by atoms with van der Waals surface area (Å²) in [6, 6.07) is 17.8. The number of aliphatic hydroxyl groups excluding tert-OH is 1. The molecule has 0 saturated carbocycles. The zero-order valence-electron chi connectivity index (χ0n) is 20.4. The average molecular weight is 549 g/mol. The summed E-state index contributed by atoms with van der Waals surface area (Å²) in [6.45, 7) is 2.22. The van der Waals surface area contributed by atoms with Crippen molar-refractivity contribution in [2.45, 2.75) is 23.8 Å². The van der Waals surface area contributed by atoms with E-state index in [-0.39, 0.29) is 29.0 Å². The van der Waals surface area contributed by atoms with Gasteiger partial charge in [0.1, 0.15) is 22.2 Å². The minimum atomic E-state index is -3.86. The van der Waals surface area contributed by atoms with Gasteiger partial charge in [-0.2, -0.15) is 0 Å². The number of hydrogen-bond acceptors (Lipinski definition) is 6. The molecular weight excluding hydrogens is 519 g/mol. The van der Waals surface area contributed by atoms with Crippen LogP contribution in [0.25, 0.3) is 0 Å². The van der Waals surface area contributed by atoms with Crippen LogP contribution in [0.4, 0.5) is 10.1 Å². The normalized spacial score (nSPS) is 18.0. The first-order valence-electron chi connectivity index (χ1n) is 12.0. The molecule has 7 nitrogen and oxygen atoms in total. The third-order valence-corrected chi connectivity index (χ3v) is 8.71. The lowest BCUT2D eigenvalue weighted by molar-refractivity contribution is 0.0904. The van der Waals surface area contributed by atoms with Gasteiger partial charge in [-0.25, -0.2) is 12.8 Å². The molecule has 37 heavy (non-hydrogen) atoms. The molecule has 3 aromatic carbocycles. The molecule has 1 fully saturated rings. The van der Waals surface area contributed by atoms with Crippen molar-refractivity contribution in [2.24, 2.45) is 5.92 Å². The molecule has 0 spiro atoms. The summed E-state index contributed by atoms with van der Waals surface area (Å²) in [6.07, 6.45) is 0.856. The van der Waals surface area contributed by atoms with Crippen LogP contribution in [-0.2, 0) is 10.0 Å². The predicted octanol–water partition coefficient (Wildman–Crippen LogP) is 5.00. The van der Waals surface area contributed by atoms with Crippen molar-refractivity contribution in [1.29, 1.82) is 0 Å². The Morgan fingerprint density at radius 3 is 2.46 bits per heavy atom. The lowest BCUT2D eigenvalue weighted by atomic mass is 9.96. The lowest BCUT2D eigenvalue weighted by Gasteiger charge is -2.35. The minimum Gasteiger partial charge on any atom is -0.497 e. The molecule has 2 aliphatic heterocycles. The Bertz CT molecular complexity index is 1330. The van der Waals surface area contributed by atoms with Crippen LogP contribution in [0, 0.1) is 11.7 Å². The monoisotopic (exact) mass is 548 g/mol. The molecule has 10 heteroatoms. The van der Waals surface area contributed by atoms with Crippen LogP contribution in [0.3, 0.4) is 0 Å². The molecule has 2 aliphatic rings. The largest absolute Gasteiger partial charge is 0.497 e. The molecule has 0 amide bonds. The summed E-state index contributed by atoms with van der Waals surface area (Å²) in [5.41, 5.74) is 1.14. The second kappa shape index (κ2) is 11.3. The van der Waals surface area contributed by atoms with Crippen LogP contribution in [0.1, 0.15) is 24.5 Å². The van der Waals surface area contributed by atoms with Crippen molar-refractivity contribution in [2.75, 3.05) is 37.6 Å². The zero-order chi connectivity index (χ0) is 25.3. The molecule has 1 atom stereocenters. The molecule has 3 aromatic rings. The van der Waals surface area contributed by atoms with Crippen LogP contribution in [0.5, 0.6) is 17.2 Å². The topological polar surface area (TPSA) is 79.3 Å². The van der Waals surface area contributed by atoms with Crippen molar-refractivity contribution in [1.82, 2.24) is 4.90 Å². The highest BCUT2D eigenvalue weighted by atomic mass is 35.5. The highest BCUT2D eigenvalue weighted by Gasteiger charge is 2.36. The number of likely N-dealkylation sites (tertiary alicyclic amines) is 1. The first kappa shape index (κ1) is 27.2. The number of piperidine rings is 1. The Hall–Kier alpha value is -2.85. The fourth-order valence-corrected chi connectivity index (χ4v) is 6.50. The van der Waals surface area contributed by atoms with E-state index in [0.717, 1.165) is 25.9 Å². The average Bonchev–Trinajstić information content (AvgIpc) is 2.97. The van der Waals surface area contributed by atoms with Crippen LogP contribution >= 0.6 is 12.4 Å². The Morgan fingerprint density at radius 1 is 1.05 bits per heavy atom. The van der Waals surface area contributed by atoms with Crippen molar-refractivity contribution in [3.8, 4) is 17.2 Å². The van der Waals surface area contributed by atoms with Crippen LogP contribution in [0.15, 0.2) is 71.6 Å². The molecule has 0 unspecified atom stereocenters. The number of hydrogen-bond donors (Lipinski definition) is 1. The van der Waals surface area contributed by atoms with Gasteiger partial charge in [-0.15, -0.1) is 12.4 Å². The summed E-state index contributed by atoms with van der Waals surface area (Å²) in [5, 5.41) is 10.6. The summed E-state index contributed by atoms with van der Waals surface area (Å²) < 4.78 is 53.6. The Morgan fingerprint density at radius 2 is 1.76 bits per heavy atom. The summed E-state index contributed by atoms with van der Waals surface area (Å²) in [5.74, 6) is 1.11. The second-order valence-corrected chi connectivity index (χ2v) is 11.1. The fourth-order valence-electron chi connectivity index (χ4n) is 4.84. The third-order valence-electron chi connectivity index (χ3n) is 6.89. The van der Waals surface area contributed by atoms with E-state index in [9.17, 15) is 17.9 Å². The Balaban J connectivity index is 0.00000320. The number of nitrogens with zero attached hydrogens (tertiary/aromatic N) is 2. The fraction of sp³-hybridized carbons (Fsp3) is 0.333. The molecule has 198 valence electrons. The van der Waals surface area contributed by atoms with Crippen molar-refractivity contribution in [3.63, 3.8) is 0 Å². The van der Waals surface area contributed by atoms with E-state index in [4.69, 9.17) is 9.47 Å². The van der Waals surface area contributed by atoms with Gasteiger partial charge in [-0.3, -0.25) is 4.31 Å². The maximum Gasteiger partial charge on any atom is 0.268 e. The number of anilines is 1. The Kier molecular flexibility index (Phi) is 8.28. The molecule has 2 heterocycles. The number of halogens is 2. The smallest absolute Gasteiger partial charge is 0.268 e. The first-order valence-corrected chi connectivity index (χ1v) is 13.4. The van der Waals surface area contributed by atoms with Crippen LogP contribution in [0.2, 0.25) is 0 Å². The number of sulfonamides is 1. The van der Waals surface area contributed by atoms with E-state index >= 15 is 0 Å². The van der Waals surface area contributed by atoms with Gasteiger partial charge < -0.3 is 19.5 Å². The van der Waals surface area contributed by atoms with Crippen molar-refractivity contribution >= 4 is 28.1 Å². The third kappa shape index (κ3) is 5.70. The molecule has 0 radical (unpaired) electrons. The van der Waals surface area contributed by atoms with E-state index in [1.54, 1.807) is 61.7 Å². The van der Waals surface area contributed by atoms with E-state index in [2.05, 4.69) is 4.90 Å².